The first kappa shape index (κ1) is 17.2. The van der Waals surface area contributed by atoms with Crippen LogP contribution in [0.15, 0.2) is 30.5 Å². The SMILES string of the molecule is CC(F)CCCn1cc(C(=O)C2C(C)(C)C2(C)C)c2ccccc21. The number of aryl methyl sites for hydroxylation is 1. The minimum absolute atomic E-state index is 0.0386. The van der Waals surface area contributed by atoms with Gasteiger partial charge in [-0.1, -0.05) is 45.9 Å². The van der Waals surface area contributed by atoms with Gasteiger partial charge in [0.15, 0.2) is 5.78 Å². The van der Waals surface area contributed by atoms with Gasteiger partial charge < -0.3 is 4.57 Å². The molecule has 1 aliphatic carbocycles. The molecule has 130 valence electrons. The number of ketones is 1. The Morgan fingerprint density at radius 2 is 1.83 bits per heavy atom. The van der Waals surface area contributed by atoms with Gasteiger partial charge in [0, 0.05) is 35.1 Å². The van der Waals surface area contributed by atoms with Gasteiger partial charge in [0.1, 0.15) is 0 Å². The number of fused-ring (bicyclic) bond motifs is 1. The van der Waals surface area contributed by atoms with Gasteiger partial charge in [0.2, 0.25) is 0 Å². The molecule has 24 heavy (non-hydrogen) atoms. The molecule has 2 aromatic rings. The van der Waals surface area contributed by atoms with E-state index in [9.17, 15) is 9.18 Å². The van der Waals surface area contributed by atoms with Crippen molar-refractivity contribution in [2.75, 3.05) is 0 Å². The molecule has 1 heterocycles. The van der Waals surface area contributed by atoms with Crippen LogP contribution < -0.4 is 0 Å². The van der Waals surface area contributed by atoms with Crippen molar-refractivity contribution >= 4 is 16.7 Å². The summed E-state index contributed by atoms with van der Waals surface area (Å²) in [6, 6.07) is 8.06. The van der Waals surface area contributed by atoms with E-state index in [1.54, 1.807) is 6.92 Å². The van der Waals surface area contributed by atoms with Gasteiger partial charge >= 0.3 is 0 Å². The number of benzene rings is 1. The van der Waals surface area contributed by atoms with Crippen LogP contribution in [0.5, 0.6) is 0 Å². The molecule has 1 aromatic heterocycles. The standard InChI is InChI=1S/C21H28FNO/c1-14(22)9-8-12-23-13-16(15-10-6-7-11-17(15)23)18(24)19-20(2,3)21(19,4)5/h6-7,10-11,13-14,19H,8-9,12H2,1-5H3. The van der Waals surface area contributed by atoms with Crippen LogP contribution in [0.1, 0.15) is 57.8 Å². The Morgan fingerprint density at radius 1 is 1.21 bits per heavy atom. The van der Waals surface area contributed by atoms with Gasteiger partial charge in [0.05, 0.1) is 6.17 Å². The van der Waals surface area contributed by atoms with Gasteiger partial charge in [-0.3, -0.25) is 4.79 Å². The molecule has 1 saturated carbocycles. The highest BCUT2D eigenvalue weighted by Gasteiger charge is 2.68. The third kappa shape index (κ3) is 2.58. The van der Waals surface area contributed by atoms with Gasteiger partial charge in [-0.15, -0.1) is 0 Å². The fraction of sp³-hybridized carbons (Fsp3) is 0.571. The number of Topliss-reactive ketones (excluding diaryl/α,β-unsaturated/α-hetero) is 1. The molecule has 0 N–H and O–H groups in total. The van der Waals surface area contributed by atoms with E-state index < -0.39 is 6.17 Å². The lowest BCUT2D eigenvalue weighted by atomic mass is 10.0. The van der Waals surface area contributed by atoms with Crippen molar-refractivity contribution in [3.05, 3.63) is 36.0 Å². The van der Waals surface area contributed by atoms with E-state index in [0.29, 0.717) is 6.42 Å². The minimum atomic E-state index is -0.777. The summed E-state index contributed by atoms with van der Waals surface area (Å²) >= 11 is 0. The van der Waals surface area contributed by atoms with Crippen molar-refractivity contribution < 1.29 is 9.18 Å². The lowest BCUT2D eigenvalue weighted by Crippen LogP contribution is -2.07. The fourth-order valence-corrected chi connectivity index (χ4v) is 4.18. The second-order valence-electron chi connectivity index (χ2n) is 8.42. The van der Waals surface area contributed by atoms with E-state index in [1.165, 1.54) is 0 Å². The van der Waals surface area contributed by atoms with E-state index in [0.717, 1.165) is 29.4 Å². The first-order valence-corrected chi connectivity index (χ1v) is 8.94. The number of nitrogens with zero attached hydrogens (tertiary/aromatic N) is 1. The van der Waals surface area contributed by atoms with Crippen LogP contribution in [-0.2, 0) is 6.54 Å². The van der Waals surface area contributed by atoms with E-state index in [4.69, 9.17) is 0 Å². The molecule has 0 bridgehead atoms. The van der Waals surface area contributed by atoms with Crippen LogP contribution in [0.3, 0.4) is 0 Å². The Hall–Kier alpha value is -1.64. The highest BCUT2D eigenvalue weighted by Crippen LogP contribution is 2.69. The molecule has 1 aromatic carbocycles. The molecule has 1 fully saturated rings. The molecule has 0 aliphatic heterocycles. The summed E-state index contributed by atoms with van der Waals surface area (Å²) in [6.07, 6.45) is 2.55. The molecule has 0 amide bonds. The summed E-state index contributed by atoms with van der Waals surface area (Å²) in [5, 5.41) is 1.02. The van der Waals surface area contributed by atoms with Crippen LogP contribution in [0.2, 0.25) is 0 Å². The van der Waals surface area contributed by atoms with Crippen LogP contribution in [0, 0.1) is 16.7 Å². The minimum Gasteiger partial charge on any atom is -0.347 e. The Balaban J connectivity index is 1.93. The summed E-state index contributed by atoms with van der Waals surface area (Å²) in [5.74, 6) is 0.314. The lowest BCUT2D eigenvalue weighted by Gasteiger charge is -2.05. The van der Waals surface area contributed by atoms with E-state index in [1.807, 2.05) is 30.5 Å². The molecular weight excluding hydrogens is 301 g/mol. The van der Waals surface area contributed by atoms with Crippen molar-refractivity contribution in [1.29, 1.82) is 0 Å². The van der Waals surface area contributed by atoms with E-state index in [-0.39, 0.29) is 22.5 Å². The average Bonchev–Trinajstić information content (AvgIpc) is 2.80. The number of rotatable bonds is 6. The number of para-hydroxylation sites is 1. The van der Waals surface area contributed by atoms with Crippen LogP contribution >= 0.6 is 0 Å². The second kappa shape index (κ2) is 5.72. The van der Waals surface area contributed by atoms with Crippen LogP contribution in [0.4, 0.5) is 4.39 Å². The van der Waals surface area contributed by atoms with E-state index in [2.05, 4.69) is 32.3 Å². The number of hydrogen-bond acceptors (Lipinski definition) is 1. The summed E-state index contributed by atoms with van der Waals surface area (Å²) in [6.45, 7) is 11.1. The highest BCUT2D eigenvalue weighted by molar-refractivity contribution is 6.11. The molecule has 1 atom stereocenters. The highest BCUT2D eigenvalue weighted by atomic mass is 19.1. The number of carbonyl (C=O) groups excluding carboxylic acids is 1. The smallest absolute Gasteiger partial charge is 0.169 e. The van der Waals surface area contributed by atoms with Crippen molar-refractivity contribution in [3.63, 3.8) is 0 Å². The molecule has 0 spiro atoms. The monoisotopic (exact) mass is 329 g/mol. The Bertz CT molecular complexity index is 755. The molecule has 0 radical (unpaired) electrons. The zero-order valence-electron chi connectivity index (χ0n) is 15.4. The Morgan fingerprint density at radius 3 is 2.42 bits per heavy atom. The normalized spacial score (nSPS) is 20.2. The maximum Gasteiger partial charge on any atom is 0.169 e. The lowest BCUT2D eigenvalue weighted by molar-refractivity contribution is 0.0946. The van der Waals surface area contributed by atoms with Crippen molar-refractivity contribution in [2.45, 2.75) is 60.2 Å². The zero-order valence-corrected chi connectivity index (χ0v) is 15.4. The van der Waals surface area contributed by atoms with Gasteiger partial charge in [-0.05, 0) is 36.7 Å². The summed E-state index contributed by atoms with van der Waals surface area (Å²) in [5.41, 5.74) is 1.97. The third-order valence-electron chi connectivity index (χ3n) is 6.34. The largest absolute Gasteiger partial charge is 0.347 e. The zero-order chi connectivity index (χ0) is 17.7. The molecule has 3 rings (SSSR count). The summed E-state index contributed by atoms with van der Waals surface area (Å²) in [7, 11) is 0. The summed E-state index contributed by atoms with van der Waals surface area (Å²) < 4.78 is 15.2. The molecular formula is C21H28FNO. The van der Waals surface area contributed by atoms with Crippen LogP contribution in [0.25, 0.3) is 10.9 Å². The fourth-order valence-electron chi connectivity index (χ4n) is 4.18. The van der Waals surface area contributed by atoms with Crippen molar-refractivity contribution in [2.24, 2.45) is 16.7 Å². The topological polar surface area (TPSA) is 22.0 Å². The number of carbonyl (C=O) groups is 1. The number of alkyl halides is 1. The number of hydrogen-bond donors (Lipinski definition) is 0. The molecule has 1 aliphatic rings. The first-order valence-electron chi connectivity index (χ1n) is 8.94. The Labute approximate surface area is 144 Å². The van der Waals surface area contributed by atoms with Crippen LogP contribution in [-0.4, -0.2) is 16.5 Å². The molecule has 2 nitrogen and oxygen atoms in total. The average molecular weight is 329 g/mol. The van der Waals surface area contributed by atoms with Crippen molar-refractivity contribution in [1.82, 2.24) is 4.57 Å². The quantitative estimate of drug-likeness (QED) is 0.628. The summed E-state index contributed by atoms with van der Waals surface area (Å²) in [4.78, 5) is 13.2. The first-order chi connectivity index (χ1) is 11.2. The predicted molar refractivity (Wildman–Crippen MR) is 97.1 cm³/mol. The molecule has 0 saturated heterocycles. The predicted octanol–water partition coefficient (Wildman–Crippen LogP) is 5.64. The number of aromatic nitrogens is 1. The van der Waals surface area contributed by atoms with E-state index >= 15 is 0 Å². The second-order valence-corrected chi connectivity index (χ2v) is 8.42. The van der Waals surface area contributed by atoms with Gasteiger partial charge in [0.25, 0.3) is 0 Å². The Kier molecular flexibility index (Phi) is 4.09. The van der Waals surface area contributed by atoms with Gasteiger partial charge in [-0.2, -0.15) is 0 Å². The maximum absolute atomic E-state index is 13.2. The molecule has 3 heteroatoms. The van der Waals surface area contributed by atoms with Crippen molar-refractivity contribution in [3.8, 4) is 0 Å². The third-order valence-corrected chi connectivity index (χ3v) is 6.34. The number of halogens is 1. The van der Waals surface area contributed by atoms with Gasteiger partial charge in [-0.25, -0.2) is 4.39 Å². The maximum atomic E-state index is 13.2. The molecule has 1 unspecified atom stereocenters.